The molecule has 0 saturated heterocycles. The van der Waals surface area contributed by atoms with Crippen LogP contribution in [0.1, 0.15) is 18.1 Å². The van der Waals surface area contributed by atoms with E-state index in [9.17, 15) is 5.11 Å². The molecule has 1 unspecified atom stereocenters. The van der Waals surface area contributed by atoms with Crippen molar-refractivity contribution in [2.24, 2.45) is 5.10 Å². The van der Waals surface area contributed by atoms with E-state index < -0.39 is 6.10 Å². The van der Waals surface area contributed by atoms with Gasteiger partial charge < -0.3 is 5.11 Å². The highest BCUT2D eigenvalue weighted by molar-refractivity contribution is 5.79. The number of hydrogen-bond donors (Lipinski definition) is 1. The smallest absolute Gasteiger partial charge is 0.0703 e. The molecule has 0 spiro atoms. The molecule has 3 heteroatoms. The van der Waals surface area contributed by atoms with E-state index in [4.69, 9.17) is 0 Å². The molecule has 0 fully saturated rings. The summed E-state index contributed by atoms with van der Waals surface area (Å²) < 4.78 is 0. The Morgan fingerprint density at radius 1 is 1.05 bits per heavy atom. The average Bonchev–Trinajstić information content (AvgIpc) is 2.46. The fourth-order valence-electron chi connectivity index (χ4n) is 1.94. The van der Waals surface area contributed by atoms with E-state index >= 15 is 0 Å². The van der Waals surface area contributed by atoms with Crippen LogP contribution in [0.15, 0.2) is 65.8 Å². The summed E-state index contributed by atoms with van der Waals surface area (Å²) in [7, 11) is 0. The van der Waals surface area contributed by atoms with E-state index in [-0.39, 0.29) is 0 Å². The van der Waals surface area contributed by atoms with E-state index in [1.807, 2.05) is 59.8 Å². The summed E-state index contributed by atoms with van der Waals surface area (Å²) in [5.41, 5.74) is 2.23. The van der Waals surface area contributed by atoms with Crippen LogP contribution in [-0.4, -0.2) is 29.0 Å². The van der Waals surface area contributed by atoms with Gasteiger partial charge in [-0.25, -0.2) is 0 Å². The molecule has 2 aromatic carbocycles. The topological polar surface area (TPSA) is 35.8 Å². The molecule has 0 aromatic heterocycles. The zero-order valence-electron chi connectivity index (χ0n) is 11.7. The SMILES string of the molecule is CC(O)CN(Cc1ccccc1)/N=C\c1ccccc1. The first-order valence-electron chi connectivity index (χ1n) is 6.80. The van der Waals surface area contributed by atoms with Gasteiger partial charge in [-0.1, -0.05) is 60.7 Å². The summed E-state index contributed by atoms with van der Waals surface area (Å²) in [4.78, 5) is 0. The van der Waals surface area contributed by atoms with Crippen LogP contribution < -0.4 is 0 Å². The van der Waals surface area contributed by atoms with Crippen molar-refractivity contribution in [1.82, 2.24) is 5.01 Å². The van der Waals surface area contributed by atoms with Crippen LogP contribution in [0.3, 0.4) is 0 Å². The first kappa shape index (κ1) is 14.3. The Bertz CT molecular complexity index is 523. The molecule has 0 bridgehead atoms. The van der Waals surface area contributed by atoms with E-state index in [0.717, 1.165) is 5.56 Å². The minimum absolute atomic E-state index is 0.411. The lowest BCUT2D eigenvalue weighted by Crippen LogP contribution is -2.26. The van der Waals surface area contributed by atoms with E-state index in [2.05, 4.69) is 17.2 Å². The van der Waals surface area contributed by atoms with Gasteiger partial charge in [0, 0.05) is 0 Å². The second-order valence-electron chi connectivity index (χ2n) is 4.84. The first-order chi connectivity index (χ1) is 9.74. The number of hydrogen-bond acceptors (Lipinski definition) is 3. The maximum atomic E-state index is 9.58. The maximum absolute atomic E-state index is 9.58. The third kappa shape index (κ3) is 4.86. The van der Waals surface area contributed by atoms with E-state index in [1.54, 1.807) is 6.92 Å². The van der Waals surface area contributed by atoms with Gasteiger partial charge in [0.15, 0.2) is 0 Å². The molecule has 1 N–H and O–H groups in total. The van der Waals surface area contributed by atoms with Crippen molar-refractivity contribution >= 4 is 6.21 Å². The molecule has 0 saturated carbocycles. The molecule has 2 aromatic rings. The fourth-order valence-corrected chi connectivity index (χ4v) is 1.94. The van der Waals surface area contributed by atoms with Gasteiger partial charge in [0.05, 0.1) is 25.4 Å². The van der Waals surface area contributed by atoms with Crippen LogP contribution in [0, 0.1) is 0 Å². The third-order valence-corrected chi connectivity index (χ3v) is 2.85. The second kappa shape index (κ2) is 7.46. The molecule has 2 rings (SSSR count). The van der Waals surface area contributed by atoms with Gasteiger partial charge in [0.25, 0.3) is 0 Å². The first-order valence-corrected chi connectivity index (χ1v) is 6.80. The minimum Gasteiger partial charge on any atom is -0.392 e. The lowest BCUT2D eigenvalue weighted by Gasteiger charge is -2.20. The zero-order valence-corrected chi connectivity index (χ0v) is 11.7. The molecule has 0 heterocycles. The number of nitrogens with zero attached hydrogens (tertiary/aromatic N) is 2. The Hall–Kier alpha value is -2.13. The molecule has 20 heavy (non-hydrogen) atoms. The predicted molar refractivity (Wildman–Crippen MR) is 82.6 cm³/mol. The van der Waals surface area contributed by atoms with Crippen LogP contribution >= 0.6 is 0 Å². The van der Waals surface area contributed by atoms with Crippen molar-refractivity contribution in [3.05, 3.63) is 71.8 Å². The van der Waals surface area contributed by atoms with Gasteiger partial charge in [-0.05, 0) is 18.1 Å². The van der Waals surface area contributed by atoms with Gasteiger partial charge in [-0.3, -0.25) is 5.01 Å². The van der Waals surface area contributed by atoms with Crippen molar-refractivity contribution in [2.45, 2.75) is 19.6 Å². The highest BCUT2D eigenvalue weighted by Crippen LogP contribution is 2.06. The molecule has 0 aliphatic rings. The Morgan fingerprint density at radius 3 is 2.25 bits per heavy atom. The summed E-state index contributed by atoms with van der Waals surface area (Å²) in [6.45, 7) is 2.98. The van der Waals surface area contributed by atoms with Crippen LogP contribution in [0.4, 0.5) is 0 Å². The highest BCUT2D eigenvalue weighted by atomic mass is 16.3. The molecule has 0 radical (unpaired) electrons. The third-order valence-electron chi connectivity index (χ3n) is 2.85. The summed E-state index contributed by atoms with van der Waals surface area (Å²) in [5.74, 6) is 0. The number of aliphatic hydroxyl groups excluding tert-OH is 1. The standard InChI is InChI=1S/C17H20N2O/c1-15(20)13-19(14-17-10-6-3-7-11-17)18-12-16-8-4-2-5-9-16/h2-12,15,20H,13-14H2,1H3/b18-12-. The summed E-state index contributed by atoms with van der Waals surface area (Å²) >= 11 is 0. The van der Waals surface area contributed by atoms with Gasteiger partial charge in [-0.15, -0.1) is 0 Å². The highest BCUT2D eigenvalue weighted by Gasteiger charge is 2.05. The number of benzene rings is 2. The Morgan fingerprint density at radius 2 is 1.65 bits per heavy atom. The summed E-state index contributed by atoms with van der Waals surface area (Å²) in [6.07, 6.45) is 1.41. The van der Waals surface area contributed by atoms with Crippen LogP contribution in [0.2, 0.25) is 0 Å². The van der Waals surface area contributed by atoms with Crippen LogP contribution in [-0.2, 0) is 6.54 Å². The molecule has 3 nitrogen and oxygen atoms in total. The molecular formula is C17H20N2O. The predicted octanol–water partition coefficient (Wildman–Crippen LogP) is 2.90. The maximum Gasteiger partial charge on any atom is 0.0703 e. The fraction of sp³-hybridized carbons (Fsp3) is 0.235. The minimum atomic E-state index is -0.411. The van der Waals surface area contributed by atoms with Crippen LogP contribution in [0.5, 0.6) is 0 Å². The van der Waals surface area contributed by atoms with Crippen molar-refractivity contribution in [3.63, 3.8) is 0 Å². The number of hydrazone groups is 1. The molecule has 104 valence electrons. The Labute approximate surface area is 120 Å². The molecule has 0 amide bonds. The van der Waals surface area contributed by atoms with Crippen molar-refractivity contribution in [2.75, 3.05) is 6.54 Å². The number of rotatable bonds is 6. The van der Waals surface area contributed by atoms with Crippen molar-refractivity contribution in [1.29, 1.82) is 0 Å². The molecular weight excluding hydrogens is 248 g/mol. The van der Waals surface area contributed by atoms with Gasteiger partial charge in [-0.2, -0.15) is 5.10 Å². The lowest BCUT2D eigenvalue weighted by atomic mass is 10.2. The van der Waals surface area contributed by atoms with E-state index in [1.165, 1.54) is 5.56 Å². The van der Waals surface area contributed by atoms with Gasteiger partial charge >= 0.3 is 0 Å². The average molecular weight is 268 g/mol. The monoisotopic (exact) mass is 268 g/mol. The van der Waals surface area contributed by atoms with E-state index in [0.29, 0.717) is 13.1 Å². The molecule has 0 aliphatic carbocycles. The van der Waals surface area contributed by atoms with Crippen molar-refractivity contribution in [3.8, 4) is 0 Å². The lowest BCUT2D eigenvalue weighted by molar-refractivity contribution is 0.125. The molecule has 1 atom stereocenters. The Kier molecular flexibility index (Phi) is 5.33. The van der Waals surface area contributed by atoms with Crippen molar-refractivity contribution < 1.29 is 5.11 Å². The van der Waals surface area contributed by atoms with Gasteiger partial charge in [0.1, 0.15) is 0 Å². The van der Waals surface area contributed by atoms with Gasteiger partial charge in [0.2, 0.25) is 0 Å². The molecule has 0 aliphatic heterocycles. The summed E-state index contributed by atoms with van der Waals surface area (Å²) in [6, 6.07) is 20.1. The largest absolute Gasteiger partial charge is 0.392 e. The number of aliphatic hydroxyl groups is 1. The quantitative estimate of drug-likeness (QED) is 0.646. The van der Waals surface area contributed by atoms with Crippen LogP contribution in [0.25, 0.3) is 0 Å². The second-order valence-corrected chi connectivity index (χ2v) is 4.84. The normalized spacial score (nSPS) is 12.5. The Balaban J connectivity index is 2.06. The zero-order chi connectivity index (χ0) is 14.2. The summed E-state index contributed by atoms with van der Waals surface area (Å²) in [5, 5.41) is 15.9.